The Morgan fingerprint density at radius 3 is 2.04 bits per heavy atom. The van der Waals surface area contributed by atoms with Crippen molar-refractivity contribution in [2.75, 3.05) is 18.6 Å². The van der Waals surface area contributed by atoms with Crippen molar-refractivity contribution in [3.05, 3.63) is 131 Å². The Morgan fingerprint density at radius 2 is 1.45 bits per heavy atom. The molecule has 0 amide bonds. The number of anilines is 1. The predicted molar refractivity (Wildman–Crippen MR) is 195 cm³/mol. The minimum atomic E-state index is -5.05. The van der Waals surface area contributed by atoms with E-state index in [-0.39, 0.29) is 92.8 Å². The number of carbonyl (C=O) groups is 1. The summed E-state index contributed by atoms with van der Waals surface area (Å²) in [5.74, 6) is 0.346. The normalized spacial score (nSPS) is 11.5. The van der Waals surface area contributed by atoms with Crippen molar-refractivity contribution in [1.82, 2.24) is 9.97 Å². The second-order valence-corrected chi connectivity index (χ2v) is 13.0. The molecular weight excluding hydrogens is 751 g/mol. The molecule has 0 radical (unpaired) electrons. The van der Waals surface area contributed by atoms with E-state index in [1.54, 1.807) is 12.1 Å². The number of carboxylic acids is 1. The molecule has 0 unspecified atom stereocenters. The fourth-order valence-corrected chi connectivity index (χ4v) is 5.78. The third kappa shape index (κ3) is 12.1. The number of hydrogen-bond donors (Lipinski definition) is 1. The van der Waals surface area contributed by atoms with Crippen molar-refractivity contribution in [3.63, 3.8) is 0 Å². The number of methoxy groups -OCH3 is 1. The van der Waals surface area contributed by atoms with Gasteiger partial charge in [-0.1, -0.05) is 56.3 Å². The van der Waals surface area contributed by atoms with Crippen LogP contribution in [0.15, 0.2) is 97.3 Å². The molecule has 292 valence electrons. The molecule has 1 heterocycles. The molecule has 5 aromatic rings. The second kappa shape index (κ2) is 19.4. The molecule has 0 aliphatic heterocycles. The van der Waals surface area contributed by atoms with Crippen LogP contribution in [0.4, 0.5) is 32.3 Å². The minimum Gasteiger partial charge on any atom is -1.00 e. The number of benzene rings is 4. The number of aliphatic carboxylic acids is 1. The fraction of sp³-hybridized carbons (Fsp3) is 0.293. The summed E-state index contributed by atoms with van der Waals surface area (Å²) in [5.41, 5.74) is 0.713. The van der Waals surface area contributed by atoms with Crippen LogP contribution in [0.1, 0.15) is 67.4 Å². The first-order valence-electron chi connectivity index (χ1n) is 17.3. The maximum atomic E-state index is 13.9. The van der Waals surface area contributed by atoms with Gasteiger partial charge >= 0.3 is 47.9 Å². The zero-order valence-corrected chi connectivity index (χ0v) is 33.2. The van der Waals surface area contributed by atoms with E-state index >= 15 is 0 Å². The standard InChI is InChI=1S/C41H39F6N3O5.Na.H/c1-26(2)29-11-14-37(53-3)36(19-29)35-13-12-33(55-25-27-8-5-4-6-9-27)18-30(35)24-50(39-48-21-34(22-49-39)54-15-7-10-38(51)52)23-28-16-31(40(42,43)44)20-32(17-28)41(45,46)47;;/h4-6,8-9,11-14,16-22,26H,7,10,15,23-25H2,1-3H3,(H,51,52);;/q;+1;-1. The van der Waals surface area contributed by atoms with Crippen LogP contribution in [-0.4, -0.2) is 34.8 Å². The monoisotopic (exact) mass is 791 g/mol. The Hall–Kier alpha value is -4.79. The molecule has 4 aromatic carbocycles. The summed E-state index contributed by atoms with van der Waals surface area (Å²) >= 11 is 0. The second-order valence-electron chi connectivity index (χ2n) is 13.0. The van der Waals surface area contributed by atoms with Gasteiger partial charge in [0, 0.05) is 25.1 Å². The van der Waals surface area contributed by atoms with Crippen LogP contribution in [0.3, 0.4) is 0 Å². The smallest absolute Gasteiger partial charge is 1.00 e. The van der Waals surface area contributed by atoms with Gasteiger partial charge < -0.3 is 25.6 Å². The van der Waals surface area contributed by atoms with Crippen molar-refractivity contribution in [2.24, 2.45) is 0 Å². The van der Waals surface area contributed by atoms with Crippen LogP contribution in [0.25, 0.3) is 11.1 Å². The van der Waals surface area contributed by atoms with Crippen molar-refractivity contribution >= 4 is 11.9 Å². The van der Waals surface area contributed by atoms with E-state index in [2.05, 4.69) is 9.97 Å². The van der Waals surface area contributed by atoms with Crippen LogP contribution < -0.4 is 48.7 Å². The Kier molecular flexibility index (Phi) is 15.2. The summed E-state index contributed by atoms with van der Waals surface area (Å²) in [6.45, 7) is 3.81. The molecule has 1 aromatic heterocycles. The molecule has 0 bridgehead atoms. The molecule has 8 nitrogen and oxygen atoms in total. The third-order valence-electron chi connectivity index (χ3n) is 8.59. The molecule has 0 saturated carbocycles. The van der Waals surface area contributed by atoms with Crippen molar-refractivity contribution in [1.29, 1.82) is 0 Å². The van der Waals surface area contributed by atoms with Gasteiger partial charge in [0.1, 0.15) is 18.1 Å². The molecule has 0 aliphatic rings. The average Bonchev–Trinajstić information content (AvgIpc) is 3.15. The summed E-state index contributed by atoms with van der Waals surface area (Å²) in [6.07, 6.45) is -7.39. The number of carboxylic acid groups (broad SMARTS) is 1. The minimum absolute atomic E-state index is 0. The van der Waals surface area contributed by atoms with Crippen LogP contribution in [-0.2, 0) is 36.8 Å². The number of aromatic nitrogens is 2. The van der Waals surface area contributed by atoms with E-state index in [1.807, 2.05) is 68.4 Å². The molecule has 5 rings (SSSR count). The van der Waals surface area contributed by atoms with Gasteiger partial charge in [-0.15, -0.1) is 0 Å². The van der Waals surface area contributed by atoms with E-state index in [1.165, 1.54) is 24.4 Å². The maximum Gasteiger partial charge on any atom is 1.00 e. The van der Waals surface area contributed by atoms with Gasteiger partial charge in [-0.05, 0) is 82.6 Å². The van der Waals surface area contributed by atoms with Crippen molar-refractivity contribution in [2.45, 2.75) is 64.7 Å². The Morgan fingerprint density at radius 1 is 0.786 bits per heavy atom. The van der Waals surface area contributed by atoms with Gasteiger partial charge in [0.2, 0.25) is 5.95 Å². The number of ether oxygens (including phenoxy) is 3. The summed E-state index contributed by atoms with van der Waals surface area (Å²) in [6, 6.07) is 22.0. The first kappa shape index (κ1) is 43.9. The first-order valence-corrected chi connectivity index (χ1v) is 17.3. The quantitative estimate of drug-likeness (QED) is 0.0626. The van der Waals surface area contributed by atoms with Crippen LogP contribution in [0.2, 0.25) is 0 Å². The van der Waals surface area contributed by atoms with E-state index in [0.29, 0.717) is 40.3 Å². The molecule has 0 aliphatic carbocycles. The largest absolute Gasteiger partial charge is 1.00 e. The van der Waals surface area contributed by atoms with Crippen molar-refractivity contribution in [3.8, 4) is 28.4 Å². The van der Waals surface area contributed by atoms with E-state index < -0.39 is 36.0 Å². The maximum absolute atomic E-state index is 13.9. The van der Waals surface area contributed by atoms with Crippen molar-refractivity contribution < 1.29 is 81.4 Å². The molecule has 0 saturated heterocycles. The summed E-state index contributed by atoms with van der Waals surface area (Å²) in [7, 11) is 1.53. The topological polar surface area (TPSA) is 94.0 Å². The van der Waals surface area contributed by atoms with Crippen LogP contribution >= 0.6 is 0 Å². The molecule has 56 heavy (non-hydrogen) atoms. The number of nitrogens with zero attached hydrogens (tertiary/aromatic N) is 3. The van der Waals surface area contributed by atoms with Gasteiger partial charge in [-0.3, -0.25) is 4.79 Å². The Bertz CT molecular complexity index is 2040. The number of hydrogen-bond acceptors (Lipinski definition) is 7. The SMILES string of the molecule is COc1ccc(C(C)C)cc1-c1ccc(OCc2ccccc2)cc1CN(Cc1cc(C(F)(F)F)cc(C(F)(F)F)c1)c1ncc(OCCCC(=O)O)cn1.[H-].[Na+]. The fourth-order valence-electron chi connectivity index (χ4n) is 5.78. The zero-order chi connectivity index (χ0) is 39.8. The number of rotatable bonds is 16. The number of alkyl halides is 6. The Balaban J connectivity index is 0.00000435. The summed E-state index contributed by atoms with van der Waals surface area (Å²) < 4.78 is 101. The van der Waals surface area contributed by atoms with E-state index in [4.69, 9.17) is 19.3 Å². The van der Waals surface area contributed by atoms with Gasteiger partial charge in [0.15, 0.2) is 5.75 Å². The molecule has 0 fully saturated rings. The van der Waals surface area contributed by atoms with E-state index in [0.717, 1.165) is 11.1 Å². The molecule has 15 heteroatoms. The van der Waals surface area contributed by atoms with Gasteiger partial charge in [-0.25, -0.2) is 9.97 Å². The zero-order valence-electron chi connectivity index (χ0n) is 32.2. The van der Waals surface area contributed by atoms with Crippen LogP contribution in [0.5, 0.6) is 17.2 Å². The first-order chi connectivity index (χ1) is 26.1. The molecular formula is C41H40F6N3NaO5. The summed E-state index contributed by atoms with van der Waals surface area (Å²) in [5, 5.41) is 8.91. The predicted octanol–water partition coefficient (Wildman–Crippen LogP) is 7.46. The third-order valence-corrected chi connectivity index (χ3v) is 8.59. The Labute approximate surface area is 344 Å². The average molecular weight is 792 g/mol. The molecule has 0 atom stereocenters. The molecule has 0 spiro atoms. The number of halogens is 6. The van der Waals surface area contributed by atoms with Crippen LogP contribution in [0, 0.1) is 0 Å². The summed E-state index contributed by atoms with van der Waals surface area (Å²) in [4.78, 5) is 21.1. The van der Waals surface area contributed by atoms with E-state index in [9.17, 15) is 31.1 Å². The van der Waals surface area contributed by atoms with Gasteiger partial charge in [0.05, 0.1) is 37.2 Å². The molecule has 1 N–H and O–H groups in total. The van der Waals surface area contributed by atoms with Gasteiger partial charge in [-0.2, -0.15) is 26.3 Å². The van der Waals surface area contributed by atoms with Gasteiger partial charge in [0.25, 0.3) is 0 Å².